The molecule has 0 bridgehead atoms. The number of nitrogens with two attached hydrogens (primary N) is 1. The van der Waals surface area contributed by atoms with Crippen molar-refractivity contribution < 1.29 is 0 Å². The Morgan fingerprint density at radius 2 is 1.78 bits per heavy atom. The van der Waals surface area contributed by atoms with Gasteiger partial charge in [-0.2, -0.15) is 0 Å². The van der Waals surface area contributed by atoms with Crippen molar-refractivity contribution in [2.24, 2.45) is 17.1 Å². The molecule has 0 aromatic heterocycles. The number of rotatable bonds is 2. The number of hydrogen-bond acceptors (Lipinski definition) is 1. The third-order valence-corrected chi connectivity index (χ3v) is 2.56. The van der Waals surface area contributed by atoms with Crippen LogP contribution < -0.4 is 5.73 Å². The van der Waals surface area contributed by atoms with Crippen LogP contribution >= 0.6 is 0 Å². The molecular formula is C8H17N. The molecule has 0 amide bonds. The Bertz CT molecular complexity index is 103. The van der Waals surface area contributed by atoms with E-state index < -0.39 is 0 Å². The highest BCUT2D eigenvalue weighted by molar-refractivity contribution is 4.98. The van der Waals surface area contributed by atoms with E-state index in [9.17, 15) is 0 Å². The third kappa shape index (κ3) is 1.26. The predicted octanol–water partition coefficient (Wildman–Crippen LogP) is 1.77. The molecule has 0 aromatic rings. The lowest BCUT2D eigenvalue weighted by atomic mass is 9.90. The third-order valence-electron chi connectivity index (χ3n) is 2.56. The molecule has 1 saturated carbocycles. The van der Waals surface area contributed by atoms with Gasteiger partial charge in [-0.1, -0.05) is 20.8 Å². The van der Waals surface area contributed by atoms with E-state index in [-0.39, 0.29) is 0 Å². The summed E-state index contributed by atoms with van der Waals surface area (Å²) < 4.78 is 0. The lowest BCUT2D eigenvalue weighted by Crippen LogP contribution is -2.34. The van der Waals surface area contributed by atoms with Gasteiger partial charge in [0.05, 0.1) is 0 Å². The summed E-state index contributed by atoms with van der Waals surface area (Å²) in [5, 5.41) is 0. The van der Waals surface area contributed by atoms with E-state index >= 15 is 0 Å². The van der Waals surface area contributed by atoms with Crippen LogP contribution in [0, 0.1) is 11.3 Å². The normalized spacial score (nSPS) is 26.3. The van der Waals surface area contributed by atoms with Crippen LogP contribution in [0.15, 0.2) is 0 Å². The van der Waals surface area contributed by atoms with Crippen LogP contribution in [0.25, 0.3) is 0 Å². The fourth-order valence-corrected chi connectivity index (χ4v) is 1.34. The van der Waals surface area contributed by atoms with Crippen molar-refractivity contribution in [1.82, 2.24) is 0 Å². The summed E-state index contributed by atoms with van der Waals surface area (Å²) in [5.74, 6) is 0.650. The van der Waals surface area contributed by atoms with Crippen molar-refractivity contribution in [2.45, 2.75) is 39.7 Å². The van der Waals surface area contributed by atoms with Crippen LogP contribution in [0.4, 0.5) is 0 Å². The highest BCUT2D eigenvalue weighted by atomic mass is 14.7. The van der Waals surface area contributed by atoms with Crippen molar-refractivity contribution in [2.75, 3.05) is 0 Å². The molecule has 0 aliphatic heterocycles. The van der Waals surface area contributed by atoms with Gasteiger partial charge in [0.1, 0.15) is 0 Å². The Labute approximate surface area is 57.6 Å². The van der Waals surface area contributed by atoms with Crippen LogP contribution in [0.2, 0.25) is 0 Å². The number of hydrogen-bond donors (Lipinski definition) is 1. The molecule has 1 heteroatoms. The summed E-state index contributed by atoms with van der Waals surface area (Å²) in [6, 6.07) is 0.428. The molecule has 1 rings (SSSR count). The van der Waals surface area contributed by atoms with E-state index in [2.05, 4.69) is 20.8 Å². The second-order valence-corrected chi connectivity index (χ2v) is 3.92. The van der Waals surface area contributed by atoms with E-state index in [1.54, 1.807) is 0 Å². The van der Waals surface area contributed by atoms with Gasteiger partial charge in [-0.05, 0) is 24.2 Å². The molecule has 1 atom stereocenters. The molecule has 2 N–H and O–H groups in total. The van der Waals surface area contributed by atoms with Crippen molar-refractivity contribution in [3.63, 3.8) is 0 Å². The predicted molar refractivity (Wildman–Crippen MR) is 40.2 cm³/mol. The van der Waals surface area contributed by atoms with Gasteiger partial charge in [0.25, 0.3) is 0 Å². The van der Waals surface area contributed by atoms with E-state index in [0.29, 0.717) is 17.4 Å². The molecular weight excluding hydrogens is 110 g/mol. The molecule has 9 heavy (non-hydrogen) atoms. The van der Waals surface area contributed by atoms with Gasteiger partial charge in [0.2, 0.25) is 0 Å². The molecule has 54 valence electrons. The molecule has 1 aliphatic rings. The van der Waals surface area contributed by atoms with Crippen molar-refractivity contribution >= 4 is 0 Å². The first-order chi connectivity index (χ1) is 4.06. The Morgan fingerprint density at radius 1 is 1.33 bits per heavy atom. The molecule has 1 nitrogen and oxygen atoms in total. The van der Waals surface area contributed by atoms with E-state index in [1.165, 1.54) is 12.8 Å². The fraction of sp³-hybridized carbons (Fsp3) is 1.00. The lowest BCUT2D eigenvalue weighted by Gasteiger charge is -2.22. The van der Waals surface area contributed by atoms with Crippen LogP contribution in [-0.4, -0.2) is 6.04 Å². The van der Waals surface area contributed by atoms with Gasteiger partial charge in [-0.15, -0.1) is 0 Å². The second kappa shape index (κ2) is 1.98. The first-order valence-corrected chi connectivity index (χ1v) is 3.82. The van der Waals surface area contributed by atoms with Gasteiger partial charge >= 0.3 is 0 Å². The van der Waals surface area contributed by atoms with Crippen molar-refractivity contribution in [1.29, 1.82) is 0 Å². The standard InChI is InChI=1S/C8H17N/c1-6(2)7(9)8(3)4-5-8/h6-7H,4-5,9H2,1-3H3. The summed E-state index contributed by atoms with van der Waals surface area (Å²) in [6.07, 6.45) is 2.68. The lowest BCUT2D eigenvalue weighted by molar-refractivity contribution is 0.345. The average Bonchev–Trinajstić information content (AvgIpc) is 2.47. The highest BCUT2D eigenvalue weighted by Crippen LogP contribution is 2.49. The zero-order valence-corrected chi connectivity index (χ0v) is 6.65. The van der Waals surface area contributed by atoms with Crippen LogP contribution in [-0.2, 0) is 0 Å². The summed E-state index contributed by atoms with van der Waals surface area (Å²) in [7, 11) is 0. The van der Waals surface area contributed by atoms with E-state index in [0.717, 1.165) is 0 Å². The van der Waals surface area contributed by atoms with Crippen LogP contribution in [0.3, 0.4) is 0 Å². The van der Waals surface area contributed by atoms with E-state index in [1.807, 2.05) is 0 Å². The minimum Gasteiger partial charge on any atom is -0.327 e. The molecule has 0 saturated heterocycles. The van der Waals surface area contributed by atoms with Gasteiger partial charge in [-0.25, -0.2) is 0 Å². The summed E-state index contributed by atoms with van der Waals surface area (Å²) in [4.78, 5) is 0. The summed E-state index contributed by atoms with van der Waals surface area (Å²) in [6.45, 7) is 6.69. The van der Waals surface area contributed by atoms with Crippen LogP contribution in [0.1, 0.15) is 33.6 Å². The van der Waals surface area contributed by atoms with E-state index in [4.69, 9.17) is 5.73 Å². The summed E-state index contributed by atoms with van der Waals surface area (Å²) in [5.41, 5.74) is 6.46. The molecule has 1 aliphatic carbocycles. The van der Waals surface area contributed by atoms with Crippen molar-refractivity contribution in [3.05, 3.63) is 0 Å². The Kier molecular flexibility index (Phi) is 1.55. The van der Waals surface area contributed by atoms with Gasteiger partial charge < -0.3 is 5.73 Å². The largest absolute Gasteiger partial charge is 0.327 e. The molecule has 0 heterocycles. The first-order valence-electron chi connectivity index (χ1n) is 3.82. The zero-order valence-electron chi connectivity index (χ0n) is 6.65. The minimum atomic E-state index is 0.428. The quantitative estimate of drug-likeness (QED) is 0.601. The molecule has 0 aromatic carbocycles. The van der Waals surface area contributed by atoms with Gasteiger partial charge in [0.15, 0.2) is 0 Å². The minimum absolute atomic E-state index is 0.428. The Hall–Kier alpha value is -0.0400. The Morgan fingerprint density at radius 3 is 1.89 bits per heavy atom. The fourth-order valence-electron chi connectivity index (χ4n) is 1.34. The van der Waals surface area contributed by atoms with Gasteiger partial charge in [-0.3, -0.25) is 0 Å². The van der Waals surface area contributed by atoms with Crippen molar-refractivity contribution in [3.8, 4) is 0 Å². The topological polar surface area (TPSA) is 26.0 Å². The average molecular weight is 127 g/mol. The maximum absolute atomic E-state index is 5.96. The maximum atomic E-state index is 5.96. The molecule has 1 fully saturated rings. The SMILES string of the molecule is CC(C)C(N)C1(C)CC1. The first kappa shape index (κ1) is 7.07. The second-order valence-electron chi connectivity index (χ2n) is 3.92. The maximum Gasteiger partial charge on any atom is 0.0116 e. The zero-order chi connectivity index (χ0) is 7.07. The van der Waals surface area contributed by atoms with Gasteiger partial charge in [0, 0.05) is 6.04 Å². The molecule has 0 spiro atoms. The molecule has 1 unspecified atom stereocenters. The molecule has 0 radical (unpaired) electrons. The smallest absolute Gasteiger partial charge is 0.0116 e. The monoisotopic (exact) mass is 127 g/mol. The Balaban J connectivity index is 2.42. The summed E-state index contributed by atoms with van der Waals surface area (Å²) >= 11 is 0. The highest BCUT2D eigenvalue weighted by Gasteiger charge is 2.43. The van der Waals surface area contributed by atoms with Crippen LogP contribution in [0.5, 0.6) is 0 Å².